The second kappa shape index (κ2) is 6.03. The molecule has 2 aromatic rings. The van der Waals surface area contributed by atoms with E-state index in [1.165, 1.54) is 6.20 Å². The lowest BCUT2D eigenvalue weighted by Gasteiger charge is -2.07. The molecule has 2 rings (SSSR count). The first kappa shape index (κ1) is 13.8. The number of halogens is 1. The van der Waals surface area contributed by atoms with Gasteiger partial charge in [0, 0.05) is 18.3 Å². The number of rotatable bonds is 6. The molecule has 0 saturated carbocycles. The topological polar surface area (TPSA) is 76.9 Å². The Hall–Kier alpha value is -1.60. The molecule has 0 bridgehead atoms. The van der Waals surface area contributed by atoms with Crippen LogP contribution in [0.4, 0.5) is 5.69 Å². The van der Waals surface area contributed by atoms with Gasteiger partial charge in [-0.3, -0.25) is 4.72 Å². The van der Waals surface area contributed by atoms with Crippen molar-refractivity contribution in [2.24, 2.45) is 0 Å². The average molecular weight is 301 g/mol. The number of nitrogens with zero attached hydrogens (tertiary/aromatic N) is 3. The molecule has 0 saturated heterocycles. The van der Waals surface area contributed by atoms with E-state index in [1.54, 1.807) is 35.3 Å². The van der Waals surface area contributed by atoms with Crippen LogP contribution in [0.1, 0.15) is 6.42 Å². The first-order chi connectivity index (χ1) is 9.11. The highest BCUT2D eigenvalue weighted by Gasteiger charge is 2.10. The molecule has 1 N–H and O–H groups in total. The molecule has 6 nitrogen and oxygen atoms in total. The van der Waals surface area contributed by atoms with E-state index in [2.05, 4.69) is 14.8 Å². The number of aromatic nitrogens is 3. The van der Waals surface area contributed by atoms with E-state index in [9.17, 15) is 8.42 Å². The molecule has 0 atom stereocenters. The van der Waals surface area contributed by atoms with Gasteiger partial charge in [0.05, 0.1) is 17.6 Å². The Morgan fingerprint density at radius 2 is 2.21 bits per heavy atom. The first-order valence-corrected chi connectivity index (χ1v) is 7.82. The van der Waals surface area contributed by atoms with Gasteiger partial charge in [0.2, 0.25) is 10.0 Å². The van der Waals surface area contributed by atoms with Gasteiger partial charge in [-0.25, -0.2) is 18.1 Å². The summed E-state index contributed by atoms with van der Waals surface area (Å²) in [5.41, 5.74) is 0.422. The maximum absolute atomic E-state index is 11.7. The third kappa shape index (κ3) is 3.93. The lowest BCUT2D eigenvalue weighted by molar-refractivity contribution is 0.600. The Bertz CT molecular complexity index is 611. The van der Waals surface area contributed by atoms with Crippen LogP contribution in [0.5, 0.6) is 0 Å². The van der Waals surface area contributed by atoms with Crippen molar-refractivity contribution in [3.05, 3.63) is 36.8 Å². The largest absolute Gasteiger partial charge is 0.282 e. The minimum atomic E-state index is -3.36. The predicted octanol–water partition coefficient (Wildman–Crippen LogP) is 1.64. The third-order valence-electron chi connectivity index (χ3n) is 2.31. The normalized spacial score (nSPS) is 11.4. The van der Waals surface area contributed by atoms with E-state index in [4.69, 9.17) is 11.6 Å². The fourth-order valence-electron chi connectivity index (χ4n) is 1.46. The highest BCUT2D eigenvalue weighted by atomic mass is 35.5. The Morgan fingerprint density at radius 1 is 1.37 bits per heavy atom. The fourth-order valence-corrected chi connectivity index (χ4v) is 2.86. The van der Waals surface area contributed by atoms with Gasteiger partial charge in [0.1, 0.15) is 0 Å². The van der Waals surface area contributed by atoms with Crippen LogP contribution in [-0.2, 0) is 10.0 Å². The van der Waals surface area contributed by atoms with Crippen LogP contribution < -0.4 is 4.72 Å². The molecule has 2 aromatic heterocycles. The van der Waals surface area contributed by atoms with Crippen molar-refractivity contribution >= 4 is 27.3 Å². The summed E-state index contributed by atoms with van der Waals surface area (Å²) in [5.74, 6) is 0.933. The van der Waals surface area contributed by atoms with Crippen molar-refractivity contribution in [1.29, 1.82) is 0 Å². The van der Waals surface area contributed by atoms with E-state index in [0.29, 0.717) is 23.8 Å². The molecule has 0 unspecified atom stereocenters. The van der Waals surface area contributed by atoms with Gasteiger partial charge in [0.15, 0.2) is 5.82 Å². The molecule has 0 aliphatic carbocycles. The number of hydrogen-bond acceptors (Lipinski definition) is 4. The summed E-state index contributed by atoms with van der Waals surface area (Å²) in [6.45, 7) is 0. The highest BCUT2D eigenvalue weighted by molar-refractivity contribution is 7.92. The summed E-state index contributed by atoms with van der Waals surface area (Å²) in [6.07, 6.45) is 5.27. The van der Waals surface area contributed by atoms with Gasteiger partial charge < -0.3 is 0 Å². The second-order valence-corrected chi connectivity index (χ2v) is 6.04. The van der Waals surface area contributed by atoms with Crippen LogP contribution in [0.3, 0.4) is 0 Å². The van der Waals surface area contributed by atoms with Crippen LogP contribution in [-0.4, -0.2) is 34.8 Å². The Balaban J connectivity index is 2.07. The Morgan fingerprint density at radius 3 is 2.79 bits per heavy atom. The van der Waals surface area contributed by atoms with Gasteiger partial charge in [0.25, 0.3) is 0 Å². The van der Waals surface area contributed by atoms with Gasteiger partial charge in [-0.1, -0.05) is 0 Å². The van der Waals surface area contributed by atoms with Crippen molar-refractivity contribution in [3.63, 3.8) is 0 Å². The summed E-state index contributed by atoms with van der Waals surface area (Å²) in [7, 11) is -3.36. The van der Waals surface area contributed by atoms with Crippen molar-refractivity contribution in [2.75, 3.05) is 16.4 Å². The lowest BCUT2D eigenvalue weighted by atomic mass is 10.4. The van der Waals surface area contributed by atoms with E-state index >= 15 is 0 Å². The quantitative estimate of drug-likeness (QED) is 0.823. The molecule has 2 heterocycles. The van der Waals surface area contributed by atoms with Crippen molar-refractivity contribution < 1.29 is 8.42 Å². The highest BCUT2D eigenvalue weighted by Crippen LogP contribution is 2.11. The molecule has 0 aliphatic rings. The molecule has 0 aromatic carbocycles. The van der Waals surface area contributed by atoms with Crippen LogP contribution >= 0.6 is 11.6 Å². The standard InChI is InChI=1S/C11H13ClN4O2S/c12-5-1-8-19(17,18)15-10-3-4-11(13-9-10)16-7-2-6-14-16/h2-4,6-7,9,15H,1,5,8H2. The van der Waals surface area contributed by atoms with Crippen molar-refractivity contribution in [2.45, 2.75) is 6.42 Å². The number of alkyl halides is 1. The zero-order chi connectivity index (χ0) is 13.7. The predicted molar refractivity (Wildman–Crippen MR) is 74.1 cm³/mol. The number of hydrogen-bond donors (Lipinski definition) is 1. The minimum Gasteiger partial charge on any atom is -0.282 e. The van der Waals surface area contributed by atoms with Gasteiger partial charge >= 0.3 is 0 Å². The second-order valence-electron chi connectivity index (χ2n) is 3.82. The van der Waals surface area contributed by atoms with Crippen molar-refractivity contribution in [1.82, 2.24) is 14.8 Å². The fraction of sp³-hybridized carbons (Fsp3) is 0.273. The molecular weight excluding hydrogens is 288 g/mol. The zero-order valence-electron chi connectivity index (χ0n) is 10.0. The Kier molecular flexibility index (Phi) is 4.39. The number of nitrogens with one attached hydrogen (secondary N) is 1. The summed E-state index contributed by atoms with van der Waals surface area (Å²) < 4.78 is 27.4. The number of sulfonamides is 1. The van der Waals surface area contributed by atoms with Crippen molar-refractivity contribution in [3.8, 4) is 5.82 Å². The van der Waals surface area contributed by atoms with E-state index in [-0.39, 0.29) is 5.75 Å². The van der Waals surface area contributed by atoms with Crippen LogP contribution in [0.25, 0.3) is 5.82 Å². The zero-order valence-corrected chi connectivity index (χ0v) is 11.6. The molecule has 0 aliphatic heterocycles. The van der Waals surface area contributed by atoms with Gasteiger partial charge in [-0.15, -0.1) is 11.6 Å². The molecule has 8 heteroatoms. The van der Waals surface area contributed by atoms with E-state index in [1.807, 2.05) is 0 Å². The molecule has 0 amide bonds. The summed E-state index contributed by atoms with van der Waals surface area (Å²) in [5, 5.41) is 4.03. The molecule has 19 heavy (non-hydrogen) atoms. The molecular formula is C11H13ClN4O2S. The summed E-state index contributed by atoms with van der Waals surface area (Å²) in [6, 6.07) is 5.11. The number of anilines is 1. The summed E-state index contributed by atoms with van der Waals surface area (Å²) in [4.78, 5) is 4.13. The Labute approximate surface area is 116 Å². The summed E-state index contributed by atoms with van der Waals surface area (Å²) >= 11 is 5.47. The van der Waals surface area contributed by atoms with Gasteiger partial charge in [-0.05, 0) is 24.6 Å². The van der Waals surface area contributed by atoms with Crippen LogP contribution in [0.2, 0.25) is 0 Å². The number of pyridine rings is 1. The van der Waals surface area contributed by atoms with E-state index < -0.39 is 10.0 Å². The van der Waals surface area contributed by atoms with Crippen LogP contribution in [0.15, 0.2) is 36.8 Å². The minimum absolute atomic E-state index is 0.00257. The SMILES string of the molecule is O=S(=O)(CCCCl)Nc1ccc(-n2cccn2)nc1. The maximum atomic E-state index is 11.7. The first-order valence-electron chi connectivity index (χ1n) is 5.63. The monoisotopic (exact) mass is 300 g/mol. The molecule has 0 spiro atoms. The molecule has 0 fully saturated rings. The third-order valence-corrected chi connectivity index (χ3v) is 3.95. The van der Waals surface area contributed by atoms with Gasteiger partial charge in [-0.2, -0.15) is 5.10 Å². The molecule has 0 radical (unpaired) electrons. The smallest absolute Gasteiger partial charge is 0.232 e. The average Bonchev–Trinajstić information content (AvgIpc) is 2.91. The lowest BCUT2D eigenvalue weighted by Crippen LogP contribution is -2.17. The maximum Gasteiger partial charge on any atom is 0.232 e. The molecule has 102 valence electrons. The van der Waals surface area contributed by atoms with E-state index in [0.717, 1.165) is 0 Å². The van der Waals surface area contributed by atoms with Crippen LogP contribution in [0, 0.1) is 0 Å².